The molecule has 0 radical (unpaired) electrons. The van der Waals surface area contributed by atoms with Gasteiger partial charge in [0.1, 0.15) is 11.5 Å². The molecular formula is C57H59N5O5. The number of anilines is 1. The molecule has 7 aromatic carbocycles. The molecule has 1 N–H and O–H groups in total. The Bertz CT molecular complexity index is 2900. The highest BCUT2D eigenvalue weighted by Crippen LogP contribution is 2.42. The van der Waals surface area contributed by atoms with Crippen molar-refractivity contribution in [3.05, 3.63) is 174 Å². The molecule has 10 heteroatoms. The summed E-state index contributed by atoms with van der Waals surface area (Å²) in [5, 5.41) is 26.2. The van der Waals surface area contributed by atoms with Gasteiger partial charge in [0.25, 0.3) is 0 Å². The standard InChI is InChI=1S/C57H59N5O5/c1-39(2)54(63)66-37-15-9-8-14-36-65-44-30-22-41(23-31-44)55(64)67-45-28-20-40(21-29-45)38-58-50-32-33-52(47-17-11-10-16-46(47)50)61-62-53-35-34-51(48-18-12-13-19-49(48)53)60-59-43-26-24-42(25-27-43)57(6,7)56(3,4)5/h10-13,16-35,58H,1,8-9,14-15,36-38H2,2-7H3/b60-59+,62-61+. The first-order chi connectivity index (χ1) is 32.3. The van der Waals surface area contributed by atoms with E-state index >= 15 is 0 Å². The summed E-state index contributed by atoms with van der Waals surface area (Å²) in [7, 11) is 0. The van der Waals surface area contributed by atoms with Crippen molar-refractivity contribution < 1.29 is 23.8 Å². The number of rotatable bonds is 19. The molecule has 0 bridgehead atoms. The number of azo groups is 2. The highest BCUT2D eigenvalue weighted by Gasteiger charge is 2.34. The Morgan fingerprint density at radius 1 is 0.567 bits per heavy atom. The van der Waals surface area contributed by atoms with Gasteiger partial charge in [-0.2, -0.15) is 5.11 Å². The number of esters is 2. The monoisotopic (exact) mass is 893 g/mol. The maximum absolute atomic E-state index is 12.9. The summed E-state index contributed by atoms with van der Waals surface area (Å²) in [5.74, 6) is 0.346. The number of hydrogen-bond donors (Lipinski definition) is 1. The van der Waals surface area contributed by atoms with Gasteiger partial charge < -0.3 is 19.5 Å². The van der Waals surface area contributed by atoms with Gasteiger partial charge in [-0.05, 0) is 127 Å². The number of benzene rings is 7. The van der Waals surface area contributed by atoms with Crippen LogP contribution in [-0.2, 0) is 21.5 Å². The van der Waals surface area contributed by atoms with Crippen LogP contribution in [0.3, 0.4) is 0 Å². The highest BCUT2D eigenvalue weighted by atomic mass is 16.5. The van der Waals surface area contributed by atoms with E-state index in [9.17, 15) is 9.59 Å². The van der Waals surface area contributed by atoms with Crippen molar-refractivity contribution in [3.63, 3.8) is 0 Å². The third kappa shape index (κ3) is 12.3. The lowest BCUT2D eigenvalue weighted by Gasteiger charge is -2.39. The van der Waals surface area contributed by atoms with Crippen LogP contribution in [0.1, 0.15) is 88.7 Å². The average Bonchev–Trinajstić information content (AvgIpc) is 3.33. The fourth-order valence-corrected chi connectivity index (χ4v) is 7.32. The molecule has 0 aromatic heterocycles. The normalized spacial score (nSPS) is 11.9. The lowest BCUT2D eigenvalue weighted by molar-refractivity contribution is -0.139. The molecule has 10 nitrogen and oxygen atoms in total. The number of unbranched alkanes of at least 4 members (excludes halogenated alkanes) is 3. The van der Waals surface area contributed by atoms with Crippen LogP contribution >= 0.6 is 0 Å². The van der Waals surface area contributed by atoms with Crippen LogP contribution < -0.4 is 14.8 Å². The average molecular weight is 894 g/mol. The number of nitrogens with zero attached hydrogens (tertiary/aromatic N) is 4. The van der Waals surface area contributed by atoms with Crippen LogP contribution in [0.2, 0.25) is 0 Å². The molecule has 342 valence electrons. The molecule has 0 fully saturated rings. The summed E-state index contributed by atoms with van der Waals surface area (Å²) in [5.41, 5.74) is 7.27. The molecule has 0 unspecified atom stereocenters. The van der Waals surface area contributed by atoms with Crippen molar-refractivity contribution in [2.75, 3.05) is 18.5 Å². The van der Waals surface area contributed by atoms with Crippen LogP contribution in [0.25, 0.3) is 21.5 Å². The van der Waals surface area contributed by atoms with Gasteiger partial charge in [-0.1, -0.05) is 114 Å². The summed E-state index contributed by atoms with van der Waals surface area (Å²) in [6, 6.07) is 46.9. The summed E-state index contributed by atoms with van der Waals surface area (Å²) in [6.45, 7) is 18.1. The number of fused-ring (bicyclic) bond motifs is 2. The Hall–Kier alpha value is -7.46. The predicted octanol–water partition coefficient (Wildman–Crippen LogP) is 16.0. The fraction of sp³-hybridized carbons (Fsp3) is 0.263. The van der Waals surface area contributed by atoms with Crippen molar-refractivity contribution in [1.29, 1.82) is 0 Å². The van der Waals surface area contributed by atoms with Crippen molar-refractivity contribution in [3.8, 4) is 11.5 Å². The van der Waals surface area contributed by atoms with E-state index in [0.29, 0.717) is 42.4 Å². The third-order valence-electron chi connectivity index (χ3n) is 12.4. The van der Waals surface area contributed by atoms with Crippen LogP contribution in [0, 0.1) is 5.41 Å². The van der Waals surface area contributed by atoms with Gasteiger partial charge in [0.15, 0.2) is 0 Å². The van der Waals surface area contributed by atoms with Gasteiger partial charge in [0.2, 0.25) is 0 Å². The Morgan fingerprint density at radius 2 is 1.09 bits per heavy atom. The zero-order chi connectivity index (χ0) is 47.4. The molecule has 0 aliphatic carbocycles. The molecule has 0 aliphatic heterocycles. The smallest absolute Gasteiger partial charge is 0.343 e. The van der Waals surface area contributed by atoms with Gasteiger partial charge in [0.05, 0.1) is 41.5 Å². The maximum Gasteiger partial charge on any atom is 0.343 e. The van der Waals surface area contributed by atoms with E-state index in [0.717, 1.165) is 81.2 Å². The van der Waals surface area contributed by atoms with Crippen molar-refractivity contribution in [2.24, 2.45) is 25.9 Å². The molecule has 7 aromatic rings. The first kappa shape index (κ1) is 47.5. The number of hydrogen-bond acceptors (Lipinski definition) is 10. The van der Waals surface area contributed by atoms with Gasteiger partial charge in [-0.15, -0.1) is 15.3 Å². The van der Waals surface area contributed by atoms with Crippen LogP contribution in [0.5, 0.6) is 11.5 Å². The second-order valence-corrected chi connectivity index (χ2v) is 18.2. The Kier molecular flexibility index (Phi) is 15.4. The van der Waals surface area contributed by atoms with E-state index in [4.69, 9.17) is 24.4 Å². The molecule has 0 saturated heterocycles. The second-order valence-electron chi connectivity index (χ2n) is 18.2. The van der Waals surface area contributed by atoms with Crippen molar-refractivity contribution in [1.82, 2.24) is 0 Å². The second kappa shape index (κ2) is 21.7. The summed E-state index contributed by atoms with van der Waals surface area (Å²) in [4.78, 5) is 24.4. The molecule has 0 amide bonds. The number of nitrogens with one attached hydrogen (secondary N) is 1. The quantitative estimate of drug-likeness (QED) is 0.0283. The summed E-state index contributed by atoms with van der Waals surface area (Å²) >= 11 is 0. The van der Waals surface area contributed by atoms with E-state index in [1.165, 1.54) is 5.56 Å². The minimum atomic E-state index is -0.446. The van der Waals surface area contributed by atoms with E-state index in [-0.39, 0.29) is 16.8 Å². The topological polar surface area (TPSA) is 123 Å². The van der Waals surface area contributed by atoms with E-state index in [1.807, 2.05) is 84.9 Å². The number of carbonyl (C=O) groups is 2. The van der Waals surface area contributed by atoms with Gasteiger partial charge in [-0.25, -0.2) is 9.59 Å². The minimum Gasteiger partial charge on any atom is -0.494 e. The molecule has 0 heterocycles. The van der Waals surface area contributed by atoms with E-state index < -0.39 is 5.97 Å². The maximum atomic E-state index is 12.9. The van der Waals surface area contributed by atoms with Crippen LogP contribution in [0.15, 0.2) is 178 Å². The summed E-state index contributed by atoms with van der Waals surface area (Å²) < 4.78 is 16.6. The molecule has 0 atom stereocenters. The molecule has 0 spiro atoms. The first-order valence-electron chi connectivity index (χ1n) is 22.8. The lowest BCUT2D eigenvalue weighted by Crippen LogP contribution is -2.33. The van der Waals surface area contributed by atoms with Gasteiger partial charge in [0, 0.05) is 39.4 Å². The Morgan fingerprint density at radius 3 is 1.67 bits per heavy atom. The molecule has 0 saturated carbocycles. The molecule has 0 aliphatic rings. The zero-order valence-electron chi connectivity index (χ0n) is 39.3. The lowest BCUT2D eigenvalue weighted by atomic mass is 9.65. The molecule has 7 rings (SSSR count). The molecule has 67 heavy (non-hydrogen) atoms. The fourth-order valence-electron chi connectivity index (χ4n) is 7.32. The minimum absolute atomic E-state index is 0.00961. The Labute approximate surface area is 393 Å². The van der Waals surface area contributed by atoms with Gasteiger partial charge in [-0.3, -0.25) is 0 Å². The van der Waals surface area contributed by atoms with Gasteiger partial charge >= 0.3 is 11.9 Å². The van der Waals surface area contributed by atoms with E-state index in [1.54, 1.807) is 43.3 Å². The largest absolute Gasteiger partial charge is 0.494 e. The zero-order valence-corrected chi connectivity index (χ0v) is 39.3. The predicted molar refractivity (Wildman–Crippen MR) is 270 cm³/mol. The highest BCUT2D eigenvalue weighted by molar-refractivity contribution is 6.02. The first-order valence-corrected chi connectivity index (χ1v) is 22.8. The number of ether oxygens (including phenoxy) is 3. The van der Waals surface area contributed by atoms with Crippen LogP contribution in [-0.4, -0.2) is 25.2 Å². The van der Waals surface area contributed by atoms with Crippen molar-refractivity contribution in [2.45, 2.75) is 79.2 Å². The van der Waals surface area contributed by atoms with Crippen molar-refractivity contribution >= 4 is 61.9 Å². The van der Waals surface area contributed by atoms with E-state index in [2.05, 4.69) is 81.0 Å². The third-order valence-corrected chi connectivity index (χ3v) is 12.4. The van der Waals surface area contributed by atoms with Crippen LogP contribution in [0.4, 0.5) is 28.4 Å². The Balaban J connectivity index is 0.924. The summed E-state index contributed by atoms with van der Waals surface area (Å²) in [6.07, 6.45) is 3.58. The number of carbonyl (C=O) groups excluding carboxylic acids is 2. The SMILES string of the molecule is C=C(C)C(=O)OCCCCCCOc1ccc(C(=O)Oc2ccc(CNc3ccc(/N=N/c4ccc(/N=N/c5ccc(C(C)(C)C(C)(C)C)cc5)c5ccccc45)c4ccccc34)cc2)cc1. The molecular weight excluding hydrogens is 835 g/mol.